The van der Waals surface area contributed by atoms with E-state index in [1.54, 1.807) is 6.07 Å². The molecule has 0 unspecified atom stereocenters. The number of aryl methyl sites for hydroxylation is 1. The van der Waals surface area contributed by atoms with Crippen molar-refractivity contribution in [1.29, 1.82) is 0 Å². The summed E-state index contributed by atoms with van der Waals surface area (Å²) in [5, 5.41) is 3.01. The summed E-state index contributed by atoms with van der Waals surface area (Å²) in [6, 6.07) is 14.9. The Bertz CT molecular complexity index is 765. The van der Waals surface area contributed by atoms with Crippen LogP contribution >= 0.6 is 0 Å². The van der Waals surface area contributed by atoms with Crippen molar-refractivity contribution in [3.05, 3.63) is 59.9 Å². The molecule has 1 heterocycles. The quantitative estimate of drug-likeness (QED) is 0.810. The van der Waals surface area contributed by atoms with Gasteiger partial charge in [-0.2, -0.15) is 0 Å². The average Bonchev–Trinajstić information content (AvgIpc) is 2.88. The Morgan fingerprint density at radius 1 is 1.19 bits per heavy atom. The van der Waals surface area contributed by atoms with Gasteiger partial charge in [-0.15, -0.1) is 0 Å². The second kappa shape index (κ2) is 9.40. The standard InChI is InChI=1S/C22H28FN3O/c1-2-25(20-11-7-10-19(23)16-20)15-13-24-22(27)17-26-14-6-5-9-18-8-3-4-12-21(18)26/h3-4,7-8,10-12,16H,2,5-6,9,13-15,17H2,1H3,(H,24,27). The third-order valence-electron chi connectivity index (χ3n) is 5.05. The molecule has 2 aromatic carbocycles. The number of hydrogen-bond acceptors (Lipinski definition) is 3. The molecule has 1 aliphatic rings. The third-order valence-corrected chi connectivity index (χ3v) is 5.05. The Labute approximate surface area is 161 Å². The van der Waals surface area contributed by atoms with Crippen LogP contribution < -0.4 is 15.1 Å². The molecule has 1 N–H and O–H groups in total. The first-order valence-corrected chi connectivity index (χ1v) is 9.77. The van der Waals surface area contributed by atoms with Crippen LogP contribution in [-0.4, -0.2) is 38.6 Å². The summed E-state index contributed by atoms with van der Waals surface area (Å²) in [6.45, 7) is 5.28. The van der Waals surface area contributed by atoms with Crippen LogP contribution in [0.15, 0.2) is 48.5 Å². The van der Waals surface area contributed by atoms with Crippen molar-refractivity contribution >= 4 is 17.3 Å². The van der Waals surface area contributed by atoms with E-state index in [1.807, 2.05) is 19.1 Å². The first-order valence-electron chi connectivity index (χ1n) is 9.77. The molecule has 1 aliphatic heterocycles. The molecule has 4 nitrogen and oxygen atoms in total. The lowest BCUT2D eigenvalue weighted by Crippen LogP contribution is -2.41. The number of likely N-dealkylation sites (N-methyl/N-ethyl adjacent to an activating group) is 1. The van der Waals surface area contributed by atoms with E-state index in [0.29, 0.717) is 19.6 Å². The summed E-state index contributed by atoms with van der Waals surface area (Å²) < 4.78 is 13.4. The van der Waals surface area contributed by atoms with Gasteiger partial charge in [0.25, 0.3) is 0 Å². The number of halogens is 1. The molecule has 0 radical (unpaired) electrons. The minimum absolute atomic E-state index is 0.0296. The van der Waals surface area contributed by atoms with Gasteiger partial charge in [0.05, 0.1) is 6.54 Å². The minimum Gasteiger partial charge on any atom is -0.370 e. The van der Waals surface area contributed by atoms with Crippen LogP contribution in [0.4, 0.5) is 15.8 Å². The number of carbonyl (C=O) groups excluding carboxylic acids is 1. The van der Waals surface area contributed by atoms with Crippen molar-refractivity contribution in [2.75, 3.05) is 42.5 Å². The summed E-state index contributed by atoms with van der Waals surface area (Å²) in [4.78, 5) is 16.7. The molecule has 0 spiro atoms. The zero-order valence-electron chi connectivity index (χ0n) is 16.0. The first kappa shape index (κ1) is 19.2. The van der Waals surface area contributed by atoms with Crippen LogP contribution in [0.1, 0.15) is 25.3 Å². The molecule has 0 atom stereocenters. The summed E-state index contributed by atoms with van der Waals surface area (Å²) in [5.74, 6) is -0.211. The fourth-order valence-electron chi connectivity index (χ4n) is 3.64. The fourth-order valence-corrected chi connectivity index (χ4v) is 3.64. The maximum absolute atomic E-state index is 13.4. The Morgan fingerprint density at radius 3 is 2.85 bits per heavy atom. The lowest BCUT2D eigenvalue weighted by molar-refractivity contribution is -0.119. The van der Waals surface area contributed by atoms with Crippen LogP contribution in [0, 0.1) is 5.82 Å². The highest BCUT2D eigenvalue weighted by atomic mass is 19.1. The molecule has 2 aromatic rings. The molecule has 5 heteroatoms. The van der Waals surface area contributed by atoms with E-state index in [9.17, 15) is 9.18 Å². The van der Waals surface area contributed by atoms with E-state index < -0.39 is 0 Å². The summed E-state index contributed by atoms with van der Waals surface area (Å²) in [6.07, 6.45) is 3.34. The van der Waals surface area contributed by atoms with Gasteiger partial charge >= 0.3 is 0 Å². The second-order valence-corrected chi connectivity index (χ2v) is 6.92. The number of carbonyl (C=O) groups is 1. The van der Waals surface area contributed by atoms with Crippen molar-refractivity contribution in [3.8, 4) is 0 Å². The van der Waals surface area contributed by atoms with Gasteiger partial charge in [0.2, 0.25) is 5.91 Å². The normalized spacial score (nSPS) is 13.6. The van der Waals surface area contributed by atoms with Crippen molar-refractivity contribution in [2.45, 2.75) is 26.2 Å². The number of nitrogens with one attached hydrogen (secondary N) is 1. The van der Waals surface area contributed by atoms with Gasteiger partial charge in [0, 0.05) is 37.6 Å². The summed E-state index contributed by atoms with van der Waals surface area (Å²) >= 11 is 0. The number of nitrogens with zero attached hydrogens (tertiary/aromatic N) is 2. The van der Waals surface area contributed by atoms with Crippen LogP contribution in [0.2, 0.25) is 0 Å². The summed E-state index contributed by atoms with van der Waals surface area (Å²) in [5.41, 5.74) is 3.35. The minimum atomic E-state index is -0.241. The Hall–Kier alpha value is -2.56. The molecule has 0 fully saturated rings. The lowest BCUT2D eigenvalue weighted by Gasteiger charge is -2.26. The predicted octanol–water partition coefficient (Wildman–Crippen LogP) is 3.61. The van der Waals surface area contributed by atoms with E-state index >= 15 is 0 Å². The van der Waals surface area contributed by atoms with Gasteiger partial charge in [0.15, 0.2) is 0 Å². The second-order valence-electron chi connectivity index (χ2n) is 6.92. The van der Waals surface area contributed by atoms with Gasteiger partial charge < -0.3 is 15.1 Å². The lowest BCUT2D eigenvalue weighted by atomic mass is 10.1. The SMILES string of the molecule is CCN(CCNC(=O)CN1CCCCc2ccccc21)c1cccc(F)c1. The van der Waals surface area contributed by atoms with Gasteiger partial charge in [-0.25, -0.2) is 4.39 Å². The maximum Gasteiger partial charge on any atom is 0.239 e. The van der Waals surface area contributed by atoms with Crippen LogP contribution in [0.3, 0.4) is 0 Å². The molecule has 0 aromatic heterocycles. The van der Waals surface area contributed by atoms with Crippen molar-refractivity contribution in [2.24, 2.45) is 0 Å². The topological polar surface area (TPSA) is 35.6 Å². The predicted molar refractivity (Wildman–Crippen MR) is 109 cm³/mol. The molecular weight excluding hydrogens is 341 g/mol. The van der Waals surface area contributed by atoms with Gasteiger partial charge in [-0.05, 0) is 56.0 Å². The van der Waals surface area contributed by atoms with Crippen LogP contribution in [0.5, 0.6) is 0 Å². The average molecular weight is 369 g/mol. The van der Waals surface area contributed by atoms with E-state index in [1.165, 1.54) is 23.4 Å². The highest BCUT2D eigenvalue weighted by Crippen LogP contribution is 2.25. The highest BCUT2D eigenvalue weighted by Gasteiger charge is 2.17. The van der Waals surface area contributed by atoms with E-state index in [-0.39, 0.29) is 11.7 Å². The number of rotatable bonds is 7. The highest BCUT2D eigenvalue weighted by molar-refractivity contribution is 5.81. The van der Waals surface area contributed by atoms with Crippen LogP contribution in [-0.2, 0) is 11.2 Å². The molecular formula is C22H28FN3O. The molecule has 27 heavy (non-hydrogen) atoms. The molecule has 0 bridgehead atoms. The Morgan fingerprint density at radius 2 is 2.04 bits per heavy atom. The van der Waals surface area contributed by atoms with E-state index in [2.05, 4.69) is 33.3 Å². The number of benzene rings is 2. The van der Waals surface area contributed by atoms with E-state index in [0.717, 1.165) is 38.0 Å². The smallest absolute Gasteiger partial charge is 0.239 e. The number of anilines is 2. The molecule has 0 saturated carbocycles. The molecule has 1 amide bonds. The van der Waals surface area contributed by atoms with Gasteiger partial charge in [0.1, 0.15) is 5.82 Å². The molecule has 0 saturated heterocycles. The van der Waals surface area contributed by atoms with Gasteiger partial charge in [-0.1, -0.05) is 24.3 Å². The number of para-hydroxylation sites is 1. The van der Waals surface area contributed by atoms with Crippen molar-refractivity contribution in [3.63, 3.8) is 0 Å². The van der Waals surface area contributed by atoms with E-state index in [4.69, 9.17) is 0 Å². The van der Waals surface area contributed by atoms with Crippen molar-refractivity contribution in [1.82, 2.24) is 5.32 Å². The number of amides is 1. The third kappa shape index (κ3) is 5.22. The summed E-state index contributed by atoms with van der Waals surface area (Å²) in [7, 11) is 0. The first-order chi connectivity index (χ1) is 13.2. The Balaban J connectivity index is 1.52. The monoisotopic (exact) mass is 369 g/mol. The molecule has 0 aliphatic carbocycles. The van der Waals surface area contributed by atoms with Crippen molar-refractivity contribution < 1.29 is 9.18 Å². The van der Waals surface area contributed by atoms with Crippen LogP contribution in [0.25, 0.3) is 0 Å². The maximum atomic E-state index is 13.4. The molecule has 3 rings (SSSR count). The number of fused-ring (bicyclic) bond motifs is 1. The zero-order chi connectivity index (χ0) is 19.1. The fraction of sp³-hybridized carbons (Fsp3) is 0.409. The Kier molecular flexibility index (Phi) is 6.69. The molecule has 144 valence electrons. The number of hydrogen-bond donors (Lipinski definition) is 1. The largest absolute Gasteiger partial charge is 0.370 e. The van der Waals surface area contributed by atoms with Gasteiger partial charge in [-0.3, -0.25) is 4.79 Å². The zero-order valence-corrected chi connectivity index (χ0v) is 16.0.